The first-order chi connectivity index (χ1) is 8.11. The molecule has 0 saturated heterocycles. The predicted octanol–water partition coefficient (Wildman–Crippen LogP) is 1.96. The van der Waals surface area contributed by atoms with Crippen molar-refractivity contribution in [2.75, 3.05) is 0 Å². The van der Waals surface area contributed by atoms with Gasteiger partial charge >= 0.3 is 0 Å². The van der Waals surface area contributed by atoms with Gasteiger partial charge in [-0.15, -0.1) is 0 Å². The highest BCUT2D eigenvalue weighted by Gasteiger charge is 2.12. The summed E-state index contributed by atoms with van der Waals surface area (Å²) in [6.07, 6.45) is 3.41. The molecule has 0 radical (unpaired) electrons. The summed E-state index contributed by atoms with van der Waals surface area (Å²) < 4.78 is 1.53. The molecule has 0 saturated carbocycles. The van der Waals surface area contributed by atoms with Crippen molar-refractivity contribution >= 4 is 5.69 Å². The first-order valence-corrected chi connectivity index (χ1v) is 4.82. The van der Waals surface area contributed by atoms with E-state index in [2.05, 4.69) is 5.10 Å². The average molecular weight is 228 g/mol. The molecule has 1 heterocycles. The normalized spacial score (nSPS) is 9.88. The second-order valence-corrected chi connectivity index (χ2v) is 3.53. The van der Waals surface area contributed by atoms with E-state index in [1.807, 2.05) is 13.0 Å². The summed E-state index contributed by atoms with van der Waals surface area (Å²) >= 11 is 0. The molecule has 84 valence electrons. The van der Waals surface area contributed by atoms with Crippen molar-refractivity contribution in [3.63, 3.8) is 0 Å². The molecule has 0 atom stereocenters. The molecule has 1 aromatic heterocycles. The van der Waals surface area contributed by atoms with Crippen LogP contribution in [0.4, 0.5) is 5.69 Å². The Balaban J connectivity index is 2.56. The van der Waals surface area contributed by atoms with Crippen LogP contribution in [0.15, 0.2) is 30.6 Å². The molecule has 0 amide bonds. The van der Waals surface area contributed by atoms with E-state index in [9.17, 15) is 10.1 Å². The summed E-state index contributed by atoms with van der Waals surface area (Å²) in [7, 11) is 0. The van der Waals surface area contributed by atoms with Crippen LogP contribution in [-0.4, -0.2) is 14.7 Å². The number of nitrogens with zero attached hydrogens (tertiary/aromatic N) is 4. The van der Waals surface area contributed by atoms with Gasteiger partial charge in [0.05, 0.1) is 22.4 Å². The minimum absolute atomic E-state index is 0.103. The van der Waals surface area contributed by atoms with Gasteiger partial charge in [0.25, 0.3) is 5.69 Å². The maximum Gasteiger partial charge on any atom is 0.270 e. The summed E-state index contributed by atoms with van der Waals surface area (Å²) in [6, 6.07) is 6.05. The fourth-order valence-electron chi connectivity index (χ4n) is 1.47. The van der Waals surface area contributed by atoms with Gasteiger partial charge in [-0.25, -0.2) is 4.68 Å². The molecule has 0 unspecified atom stereocenters. The van der Waals surface area contributed by atoms with Crippen molar-refractivity contribution < 1.29 is 4.92 Å². The third-order valence-corrected chi connectivity index (χ3v) is 2.27. The molecular weight excluding hydrogens is 220 g/mol. The largest absolute Gasteiger partial charge is 0.270 e. The van der Waals surface area contributed by atoms with Crippen LogP contribution in [0, 0.1) is 28.4 Å². The molecule has 6 heteroatoms. The van der Waals surface area contributed by atoms with Gasteiger partial charge in [0.15, 0.2) is 0 Å². The Kier molecular flexibility index (Phi) is 2.58. The predicted molar refractivity (Wildman–Crippen MR) is 59.7 cm³/mol. The number of aryl methyl sites for hydroxylation is 1. The van der Waals surface area contributed by atoms with E-state index in [0.29, 0.717) is 5.69 Å². The van der Waals surface area contributed by atoms with Gasteiger partial charge in [-0.3, -0.25) is 10.1 Å². The standard InChI is InChI=1S/C11H8N4O2/c1-8-6-13-14(7-8)11-3-2-10(15(16)17)4-9(11)5-12/h2-4,6-7H,1H3. The van der Waals surface area contributed by atoms with Crippen LogP contribution < -0.4 is 0 Å². The van der Waals surface area contributed by atoms with Crippen LogP contribution >= 0.6 is 0 Å². The zero-order chi connectivity index (χ0) is 12.4. The lowest BCUT2D eigenvalue weighted by Gasteiger charge is -2.03. The molecule has 6 nitrogen and oxygen atoms in total. The van der Waals surface area contributed by atoms with Gasteiger partial charge in [0.1, 0.15) is 6.07 Å². The Morgan fingerprint density at radius 1 is 1.53 bits per heavy atom. The number of hydrogen-bond donors (Lipinski definition) is 0. The summed E-state index contributed by atoms with van der Waals surface area (Å²) in [5.41, 5.74) is 1.61. The topological polar surface area (TPSA) is 84.8 Å². The fraction of sp³-hybridized carbons (Fsp3) is 0.0909. The summed E-state index contributed by atoms with van der Waals surface area (Å²) in [4.78, 5) is 10.1. The molecule has 0 bridgehead atoms. The van der Waals surface area contributed by atoms with E-state index in [0.717, 1.165) is 5.56 Å². The zero-order valence-electron chi connectivity index (χ0n) is 8.99. The average Bonchev–Trinajstić information content (AvgIpc) is 2.74. The number of aromatic nitrogens is 2. The maximum absolute atomic E-state index is 10.6. The third-order valence-electron chi connectivity index (χ3n) is 2.27. The summed E-state index contributed by atoms with van der Waals surface area (Å²) in [6.45, 7) is 1.88. The monoisotopic (exact) mass is 228 g/mol. The van der Waals surface area contributed by atoms with E-state index < -0.39 is 4.92 Å². The van der Waals surface area contributed by atoms with E-state index in [1.165, 1.54) is 22.9 Å². The lowest BCUT2D eigenvalue weighted by molar-refractivity contribution is -0.384. The maximum atomic E-state index is 10.6. The third kappa shape index (κ3) is 1.99. The molecule has 1 aromatic carbocycles. The van der Waals surface area contributed by atoms with Crippen molar-refractivity contribution in [2.45, 2.75) is 6.92 Å². The van der Waals surface area contributed by atoms with Crippen LogP contribution in [0.1, 0.15) is 11.1 Å². The molecule has 0 N–H and O–H groups in total. The van der Waals surface area contributed by atoms with Gasteiger partial charge in [-0.1, -0.05) is 0 Å². The second kappa shape index (κ2) is 4.06. The van der Waals surface area contributed by atoms with Crippen molar-refractivity contribution in [1.29, 1.82) is 5.26 Å². The van der Waals surface area contributed by atoms with Gasteiger partial charge in [-0.2, -0.15) is 10.4 Å². The Morgan fingerprint density at radius 2 is 2.29 bits per heavy atom. The van der Waals surface area contributed by atoms with Crippen molar-refractivity contribution in [2.24, 2.45) is 0 Å². The molecule has 0 aliphatic carbocycles. The minimum atomic E-state index is -0.529. The first kappa shape index (κ1) is 10.8. The summed E-state index contributed by atoms with van der Waals surface area (Å²) in [5, 5.41) is 23.6. The van der Waals surface area contributed by atoms with E-state index >= 15 is 0 Å². The molecule has 0 aliphatic heterocycles. The lowest BCUT2D eigenvalue weighted by atomic mass is 10.2. The molecule has 0 spiro atoms. The van der Waals surface area contributed by atoms with Gasteiger partial charge in [0, 0.05) is 18.3 Å². The highest BCUT2D eigenvalue weighted by Crippen LogP contribution is 2.20. The van der Waals surface area contributed by atoms with Crippen molar-refractivity contribution in [1.82, 2.24) is 9.78 Å². The van der Waals surface area contributed by atoms with Gasteiger partial charge in [0.2, 0.25) is 0 Å². The van der Waals surface area contributed by atoms with Crippen LogP contribution in [0.5, 0.6) is 0 Å². The number of hydrogen-bond acceptors (Lipinski definition) is 4. The summed E-state index contributed by atoms with van der Waals surface area (Å²) in [5.74, 6) is 0. The van der Waals surface area contributed by atoms with E-state index in [1.54, 1.807) is 12.4 Å². The minimum Gasteiger partial charge on any atom is -0.258 e. The van der Waals surface area contributed by atoms with Crippen molar-refractivity contribution in [3.8, 4) is 11.8 Å². The first-order valence-electron chi connectivity index (χ1n) is 4.82. The molecule has 2 aromatic rings. The highest BCUT2D eigenvalue weighted by molar-refractivity contribution is 5.54. The van der Waals surface area contributed by atoms with Crippen LogP contribution in [-0.2, 0) is 0 Å². The molecule has 2 rings (SSSR count). The van der Waals surface area contributed by atoms with Crippen LogP contribution in [0.2, 0.25) is 0 Å². The Hall–Kier alpha value is -2.68. The quantitative estimate of drug-likeness (QED) is 0.580. The Bertz CT molecular complexity index is 625. The number of non-ortho nitro benzene ring substituents is 1. The fourth-order valence-corrected chi connectivity index (χ4v) is 1.47. The second-order valence-electron chi connectivity index (χ2n) is 3.53. The number of nitriles is 1. The van der Waals surface area contributed by atoms with Crippen LogP contribution in [0.25, 0.3) is 5.69 Å². The Morgan fingerprint density at radius 3 is 2.82 bits per heavy atom. The number of nitro groups is 1. The van der Waals surface area contributed by atoms with Gasteiger partial charge in [-0.05, 0) is 18.6 Å². The van der Waals surface area contributed by atoms with Crippen LogP contribution in [0.3, 0.4) is 0 Å². The number of nitro benzene ring substituents is 1. The van der Waals surface area contributed by atoms with Gasteiger partial charge < -0.3 is 0 Å². The van der Waals surface area contributed by atoms with E-state index in [4.69, 9.17) is 5.26 Å². The SMILES string of the molecule is Cc1cnn(-c2ccc([N+](=O)[O-])cc2C#N)c1. The highest BCUT2D eigenvalue weighted by atomic mass is 16.6. The molecule has 17 heavy (non-hydrogen) atoms. The number of benzene rings is 1. The lowest BCUT2D eigenvalue weighted by Crippen LogP contribution is -1.99. The molecule has 0 aliphatic rings. The zero-order valence-corrected chi connectivity index (χ0v) is 8.99. The van der Waals surface area contributed by atoms with E-state index in [-0.39, 0.29) is 11.3 Å². The molecular formula is C11H8N4O2. The Labute approximate surface area is 96.9 Å². The molecule has 0 fully saturated rings. The number of rotatable bonds is 2. The smallest absolute Gasteiger partial charge is 0.258 e. The van der Waals surface area contributed by atoms with Crippen molar-refractivity contribution in [3.05, 3.63) is 51.8 Å².